The van der Waals surface area contributed by atoms with Gasteiger partial charge in [0, 0.05) is 18.5 Å². The largest absolute Gasteiger partial charge is 0.313 e. The summed E-state index contributed by atoms with van der Waals surface area (Å²) in [6.07, 6.45) is 3.35. The number of hydrogen-bond acceptors (Lipinski definition) is 3. The van der Waals surface area contributed by atoms with Crippen LogP contribution >= 0.6 is 0 Å². The minimum atomic E-state index is -2.81. The van der Waals surface area contributed by atoms with E-state index in [-0.39, 0.29) is 5.92 Å². The molecule has 1 saturated heterocycles. The van der Waals surface area contributed by atoms with Crippen LogP contribution in [-0.4, -0.2) is 32.5 Å². The molecule has 3 nitrogen and oxygen atoms in total. The second kappa shape index (κ2) is 5.49. The van der Waals surface area contributed by atoms with E-state index in [0.717, 1.165) is 13.0 Å². The topological polar surface area (TPSA) is 46.2 Å². The van der Waals surface area contributed by atoms with Crippen molar-refractivity contribution >= 4 is 9.84 Å². The first-order valence-corrected chi connectivity index (χ1v) is 9.36. The van der Waals surface area contributed by atoms with Gasteiger partial charge in [0.2, 0.25) is 0 Å². The molecule has 2 fully saturated rings. The standard InChI is InChI=1S/C16H23NO2S/c1-12-4-2-3-5-15(12)16(10-17-14-6-7-14)13-8-9-20(18,19)11-13/h2-5,13-14,16-17H,6-11H2,1H3. The molecular formula is C16H23NO2S. The Hall–Kier alpha value is -0.870. The van der Waals surface area contributed by atoms with E-state index in [4.69, 9.17) is 0 Å². The first-order chi connectivity index (χ1) is 9.55. The van der Waals surface area contributed by atoms with Crippen molar-refractivity contribution in [3.8, 4) is 0 Å². The zero-order valence-corrected chi connectivity index (χ0v) is 12.8. The minimum Gasteiger partial charge on any atom is -0.313 e. The van der Waals surface area contributed by atoms with E-state index in [1.54, 1.807) is 0 Å². The quantitative estimate of drug-likeness (QED) is 0.906. The van der Waals surface area contributed by atoms with Gasteiger partial charge in [-0.2, -0.15) is 0 Å². The first-order valence-electron chi connectivity index (χ1n) is 7.54. The van der Waals surface area contributed by atoms with Crippen LogP contribution in [0, 0.1) is 12.8 Å². The smallest absolute Gasteiger partial charge is 0.150 e. The molecule has 1 saturated carbocycles. The number of nitrogens with one attached hydrogen (secondary N) is 1. The lowest BCUT2D eigenvalue weighted by Crippen LogP contribution is -2.29. The molecule has 2 atom stereocenters. The summed E-state index contributed by atoms with van der Waals surface area (Å²) in [4.78, 5) is 0. The maximum atomic E-state index is 11.8. The number of aryl methyl sites for hydroxylation is 1. The van der Waals surface area contributed by atoms with Gasteiger partial charge in [0.25, 0.3) is 0 Å². The third-order valence-electron chi connectivity index (χ3n) is 4.63. The SMILES string of the molecule is Cc1ccccc1C(CNC1CC1)C1CCS(=O)(=O)C1. The lowest BCUT2D eigenvalue weighted by molar-refractivity contribution is 0.436. The van der Waals surface area contributed by atoms with Crippen molar-refractivity contribution in [2.24, 2.45) is 5.92 Å². The molecule has 0 bridgehead atoms. The van der Waals surface area contributed by atoms with Crippen LogP contribution in [-0.2, 0) is 9.84 Å². The Balaban J connectivity index is 1.81. The van der Waals surface area contributed by atoms with Crippen LogP contribution < -0.4 is 5.32 Å². The van der Waals surface area contributed by atoms with Crippen molar-refractivity contribution in [3.63, 3.8) is 0 Å². The van der Waals surface area contributed by atoms with Crippen molar-refractivity contribution in [1.82, 2.24) is 5.32 Å². The molecule has 1 aliphatic heterocycles. The predicted molar refractivity (Wildman–Crippen MR) is 81.7 cm³/mol. The molecule has 1 aromatic rings. The van der Waals surface area contributed by atoms with Crippen LogP contribution in [0.2, 0.25) is 0 Å². The van der Waals surface area contributed by atoms with Crippen LogP contribution in [0.4, 0.5) is 0 Å². The Labute approximate surface area is 121 Å². The fraction of sp³-hybridized carbons (Fsp3) is 0.625. The predicted octanol–water partition coefficient (Wildman–Crippen LogP) is 2.27. The second-order valence-corrected chi connectivity index (χ2v) is 8.54. The average Bonchev–Trinajstić information content (AvgIpc) is 3.15. The molecule has 0 spiro atoms. The molecule has 20 heavy (non-hydrogen) atoms. The summed E-state index contributed by atoms with van der Waals surface area (Å²) in [5, 5.41) is 3.59. The zero-order chi connectivity index (χ0) is 14.2. The molecule has 1 heterocycles. The van der Waals surface area contributed by atoms with Gasteiger partial charge in [0.05, 0.1) is 11.5 Å². The summed E-state index contributed by atoms with van der Waals surface area (Å²) in [5.74, 6) is 1.32. The normalized spacial score (nSPS) is 26.6. The fourth-order valence-electron chi connectivity index (χ4n) is 3.26. The zero-order valence-electron chi connectivity index (χ0n) is 12.0. The van der Waals surface area contributed by atoms with Gasteiger partial charge in [-0.05, 0) is 43.2 Å². The molecule has 1 N–H and O–H groups in total. The Morgan fingerprint density at radius 1 is 1.25 bits per heavy atom. The van der Waals surface area contributed by atoms with Gasteiger partial charge < -0.3 is 5.32 Å². The lowest BCUT2D eigenvalue weighted by Gasteiger charge is -2.25. The number of hydrogen-bond donors (Lipinski definition) is 1. The highest BCUT2D eigenvalue weighted by Gasteiger charge is 2.35. The summed E-state index contributed by atoms with van der Waals surface area (Å²) in [7, 11) is -2.81. The van der Waals surface area contributed by atoms with Crippen LogP contribution in [0.3, 0.4) is 0 Å². The molecule has 1 aliphatic carbocycles. The molecule has 0 aromatic heterocycles. The molecule has 110 valence electrons. The van der Waals surface area contributed by atoms with Crippen molar-refractivity contribution in [2.45, 2.75) is 38.1 Å². The minimum absolute atomic E-state index is 0.271. The van der Waals surface area contributed by atoms with Gasteiger partial charge >= 0.3 is 0 Å². The fourth-order valence-corrected chi connectivity index (χ4v) is 5.14. The Kier molecular flexibility index (Phi) is 3.87. The molecule has 4 heteroatoms. The van der Waals surface area contributed by atoms with Crippen LogP contribution in [0.1, 0.15) is 36.3 Å². The van der Waals surface area contributed by atoms with Crippen molar-refractivity contribution < 1.29 is 8.42 Å². The van der Waals surface area contributed by atoms with E-state index in [0.29, 0.717) is 23.5 Å². The number of sulfone groups is 1. The summed E-state index contributed by atoms with van der Waals surface area (Å²) < 4.78 is 23.6. The van der Waals surface area contributed by atoms with Crippen LogP contribution in [0.25, 0.3) is 0 Å². The maximum absolute atomic E-state index is 11.8. The highest BCUT2D eigenvalue weighted by molar-refractivity contribution is 7.91. The molecule has 0 radical (unpaired) electrons. The molecule has 0 amide bonds. The maximum Gasteiger partial charge on any atom is 0.150 e. The number of benzene rings is 1. The van der Waals surface area contributed by atoms with E-state index in [1.165, 1.54) is 24.0 Å². The number of rotatable bonds is 5. The van der Waals surface area contributed by atoms with Gasteiger partial charge in [0.15, 0.2) is 9.84 Å². The molecule has 2 unspecified atom stereocenters. The molecule has 3 rings (SSSR count). The summed E-state index contributed by atoms with van der Waals surface area (Å²) in [6.45, 7) is 3.04. The lowest BCUT2D eigenvalue weighted by atomic mass is 9.83. The van der Waals surface area contributed by atoms with Gasteiger partial charge in [-0.15, -0.1) is 0 Å². The van der Waals surface area contributed by atoms with Gasteiger partial charge in [-0.1, -0.05) is 24.3 Å². The van der Waals surface area contributed by atoms with E-state index in [2.05, 4.69) is 36.5 Å². The highest BCUT2D eigenvalue weighted by atomic mass is 32.2. The summed E-state index contributed by atoms with van der Waals surface area (Å²) >= 11 is 0. The van der Waals surface area contributed by atoms with E-state index in [9.17, 15) is 8.42 Å². The average molecular weight is 293 g/mol. The molecular weight excluding hydrogens is 270 g/mol. The van der Waals surface area contributed by atoms with Gasteiger partial charge in [-0.25, -0.2) is 8.42 Å². The Bertz CT molecular complexity index is 578. The third-order valence-corrected chi connectivity index (χ3v) is 6.42. The highest BCUT2D eigenvalue weighted by Crippen LogP contribution is 2.35. The summed E-state index contributed by atoms with van der Waals surface area (Å²) in [5.41, 5.74) is 2.60. The van der Waals surface area contributed by atoms with Crippen molar-refractivity contribution in [1.29, 1.82) is 0 Å². The van der Waals surface area contributed by atoms with Crippen LogP contribution in [0.5, 0.6) is 0 Å². The van der Waals surface area contributed by atoms with Crippen LogP contribution in [0.15, 0.2) is 24.3 Å². The molecule has 2 aliphatic rings. The first kappa shape index (κ1) is 14.1. The summed E-state index contributed by atoms with van der Waals surface area (Å²) in [6, 6.07) is 9.08. The molecule has 1 aromatic carbocycles. The van der Waals surface area contributed by atoms with Crippen molar-refractivity contribution in [3.05, 3.63) is 35.4 Å². The van der Waals surface area contributed by atoms with E-state index in [1.807, 2.05) is 0 Å². The van der Waals surface area contributed by atoms with Crippen molar-refractivity contribution in [2.75, 3.05) is 18.1 Å². The van der Waals surface area contributed by atoms with Gasteiger partial charge in [-0.3, -0.25) is 0 Å². The second-order valence-electron chi connectivity index (χ2n) is 6.31. The monoisotopic (exact) mass is 293 g/mol. The van der Waals surface area contributed by atoms with Gasteiger partial charge in [0.1, 0.15) is 0 Å². The van der Waals surface area contributed by atoms with E-state index >= 15 is 0 Å². The third kappa shape index (κ3) is 3.23. The van der Waals surface area contributed by atoms with E-state index < -0.39 is 9.84 Å². The Morgan fingerprint density at radius 2 is 2.00 bits per heavy atom. The Morgan fingerprint density at radius 3 is 2.60 bits per heavy atom.